The minimum Gasteiger partial charge on any atom is -0.480 e. The van der Waals surface area contributed by atoms with Crippen LogP contribution in [0, 0.1) is 0 Å². The Morgan fingerprint density at radius 1 is 1.42 bits per heavy atom. The van der Waals surface area contributed by atoms with Crippen molar-refractivity contribution >= 4 is 36.1 Å². The Kier molecular flexibility index (Phi) is 5.27. The lowest BCUT2D eigenvalue weighted by molar-refractivity contribution is -0.143. The number of carboxylic acids is 1. The summed E-state index contributed by atoms with van der Waals surface area (Å²) in [5, 5.41) is 9.60. The highest BCUT2D eigenvalue weighted by Crippen LogP contribution is 2.37. The smallest absolute Gasteiger partial charge is 0.328 e. The number of hydrogen-bond acceptors (Lipinski definition) is 3. The van der Waals surface area contributed by atoms with Crippen molar-refractivity contribution in [2.24, 2.45) is 0 Å². The molecule has 1 aliphatic heterocycles. The van der Waals surface area contributed by atoms with E-state index >= 15 is 0 Å². The van der Waals surface area contributed by atoms with Crippen LogP contribution in [0.2, 0.25) is 18.1 Å². The van der Waals surface area contributed by atoms with Gasteiger partial charge in [0.15, 0.2) is 14.4 Å². The summed E-state index contributed by atoms with van der Waals surface area (Å²) in [6, 6.07) is 4.48. The van der Waals surface area contributed by atoms with Crippen molar-refractivity contribution in [3.8, 4) is 0 Å². The van der Waals surface area contributed by atoms with Crippen molar-refractivity contribution in [1.82, 2.24) is 4.90 Å². The number of hydrogen-bond donors (Lipinski definition) is 1. The van der Waals surface area contributed by atoms with E-state index in [0.717, 1.165) is 10.0 Å². The number of amides is 1. The Hall–Kier alpha value is -1.18. The maximum atomic E-state index is 12.6. The predicted octanol–water partition coefficient (Wildman–Crippen LogP) is 3.88. The fourth-order valence-electron chi connectivity index (χ4n) is 2.35. The van der Waals surface area contributed by atoms with Gasteiger partial charge in [-0.2, -0.15) is 0 Å². The summed E-state index contributed by atoms with van der Waals surface area (Å²) in [6.45, 7) is 10.8. The average Bonchev–Trinajstić information content (AvgIpc) is 2.75. The first-order valence-electron chi connectivity index (χ1n) is 7.90. The largest absolute Gasteiger partial charge is 0.480 e. The molecule has 1 N–H and O–H groups in total. The molecule has 1 atom stereocenters. The number of carbonyl (C=O) groups is 2. The van der Waals surface area contributed by atoms with Gasteiger partial charge in [0, 0.05) is 16.6 Å². The molecule has 2 rings (SSSR count). The lowest BCUT2D eigenvalue weighted by atomic mass is 10.1. The minimum absolute atomic E-state index is 0.0150. The van der Waals surface area contributed by atoms with Crippen molar-refractivity contribution in [1.29, 1.82) is 0 Å². The summed E-state index contributed by atoms with van der Waals surface area (Å²) < 4.78 is 6.86. The number of carbonyl (C=O) groups excluding carboxylic acids is 1. The molecule has 0 bridgehead atoms. The van der Waals surface area contributed by atoms with E-state index in [1.807, 2.05) is 12.1 Å². The quantitative estimate of drug-likeness (QED) is 0.743. The second kappa shape index (κ2) is 6.61. The van der Waals surface area contributed by atoms with Gasteiger partial charge in [-0.3, -0.25) is 4.79 Å². The number of fused-ring (bicyclic) bond motifs is 1. The Morgan fingerprint density at radius 2 is 2.04 bits per heavy atom. The number of rotatable bonds is 5. The maximum Gasteiger partial charge on any atom is 0.328 e. The highest BCUT2D eigenvalue weighted by atomic mass is 79.9. The van der Waals surface area contributed by atoms with Crippen LogP contribution in [-0.2, 0) is 15.8 Å². The van der Waals surface area contributed by atoms with E-state index in [0.29, 0.717) is 12.1 Å². The molecule has 0 saturated carbocycles. The third-order valence-electron chi connectivity index (χ3n) is 4.97. The lowest BCUT2D eigenvalue weighted by Crippen LogP contribution is -2.49. The number of halogens is 1. The Balaban J connectivity index is 2.19. The zero-order valence-corrected chi connectivity index (χ0v) is 17.3. The first-order chi connectivity index (χ1) is 10.9. The molecule has 132 valence electrons. The molecule has 0 aromatic heterocycles. The lowest BCUT2D eigenvalue weighted by Gasteiger charge is -2.37. The third kappa shape index (κ3) is 3.73. The van der Waals surface area contributed by atoms with Crippen molar-refractivity contribution < 1.29 is 19.1 Å². The third-order valence-corrected chi connectivity index (χ3v) is 9.97. The van der Waals surface area contributed by atoms with Crippen LogP contribution in [0.1, 0.15) is 36.7 Å². The molecule has 1 heterocycles. The van der Waals surface area contributed by atoms with E-state index in [1.54, 1.807) is 6.07 Å². The van der Waals surface area contributed by atoms with Crippen LogP contribution < -0.4 is 0 Å². The van der Waals surface area contributed by atoms with E-state index in [2.05, 4.69) is 49.8 Å². The minimum atomic E-state index is -2.08. The zero-order chi connectivity index (χ0) is 18.3. The standard InChI is InChI=1S/C17H24BrNO4Si/c1-17(2,3)24(4,5)23-10-14(16(21)22)19-9-11-6-7-12(18)8-13(11)15(19)20/h6-8,14H,9-10H2,1-5H3,(H,21,22). The van der Waals surface area contributed by atoms with E-state index < -0.39 is 20.3 Å². The van der Waals surface area contributed by atoms with Gasteiger partial charge >= 0.3 is 5.97 Å². The van der Waals surface area contributed by atoms with Gasteiger partial charge in [-0.05, 0) is 35.8 Å². The number of nitrogens with zero attached hydrogens (tertiary/aromatic N) is 1. The molecule has 1 aromatic carbocycles. The average molecular weight is 414 g/mol. The molecule has 7 heteroatoms. The first kappa shape index (κ1) is 19.1. The van der Waals surface area contributed by atoms with Crippen LogP contribution in [0.15, 0.2) is 22.7 Å². The summed E-state index contributed by atoms with van der Waals surface area (Å²) in [6.07, 6.45) is 0. The Bertz CT molecular complexity index is 669. The first-order valence-corrected chi connectivity index (χ1v) is 11.6. The summed E-state index contributed by atoms with van der Waals surface area (Å²) in [4.78, 5) is 25.8. The van der Waals surface area contributed by atoms with E-state index in [9.17, 15) is 14.7 Å². The summed E-state index contributed by atoms with van der Waals surface area (Å²) in [7, 11) is -2.08. The second-order valence-corrected chi connectivity index (χ2v) is 13.4. The van der Waals surface area contributed by atoms with Crippen LogP contribution in [-0.4, -0.2) is 42.8 Å². The fourth-order valence-corrected chi connectivity index (χ4v) is 3.71. The maximum absolute atomic E-state index is 12.6. The van der Waals surface area contributed by atoms with Gasteiger partial charge < -0.3 is 14.4 Å². The normalized spacial score (nSPS) is 16.2. The molecule has 0 fully saturated rings. The fraction of sp³-hybridized carbons (Fsp3) is 0.529. The van der Waals surface area contributed by atoms with Crippen LogP contribution in [0.3, 0.4) is 0 Å². The van der Waals surface area contributed by atoms with E-state index in [1.165, 1.54) is 4.90 Å². The molecule has 1 aliphatic rings. The Morgan fingerprint density at radius 3 is 2.58 bits per heavy atom. The summed E-state index contributed by atoms with van der Waals surface area (Å²) in [5.74, 6) is -1.29. The topological polar surface area (TPSA) is 66.8 Å². The van der Waals surface area contributed by atoms with Crippen molar-refractivity contribution in [2.75, 3.05) is 6.61 Å². The van der Waals surface area contributed by atoms with E-state index in [-0.39, 0.29) is 17.6 Å². The monoisotopic (exact) mass is 413 g/mol. The molecule has 1 aromatic rings. The number of aliphatic carboxylic acids is 1. The summed E-state index contributed by atoms with van der Waals surface area (Å²) >= 11 is 3.35. The van der Waals surface area contributed by atoms with Gasteiger partial charge in [0.2, 0.25) is 0 Å². The van der Waals surface area contributed by atoms with Crippen LogP contribution in [0.4, 0.5) is 0 Å². The molecular weight excluding hydrogens is 390 g/mol. The SMILES string of the molecule is CC(C)(C)[Si](C)(C)OCC(C(=O)O)N1Cc2ccc(Br)cc2C1=O. The Labute approximate surface area is 152 Å². The molecule has 5 nitrogen and oxygen atoms in total. The van der Waals surface area contributed by atoms with Crippen molar-refractivity contribution in [3.05, 3.63) is 33.8 Å². The molecule has 0 spiro atoms. The zero-order valence-electron chi connectivity index (χ0n) is 14.7. The molecule has 0 saturated heterocycles. The van der Waals surface area contributed by atoms with Gasteiger partial charge in [-0.1, -0.05) is 42.8 Å². The highest BCUT2D eigenvalue weighted by molar-refractivity contribution is 9.10. The van der Waals surface area contributed by atoms with Gasteiger partial charge in [0.05, 0.1) is 6.61 Å². The van der Waals surface area contributed by atoms with Gasteiger partial charge in [-0.25, -0.2) is 4.79 Å². The second-order valence-electron chi connectivity index (χ2n) is 7.66. The molecule has 24 heavy (non-hydrogen) atoms. The van der Waals surface area contributed by atoms with Crippen LogP contribution >= 0.6 is 15.9 Å². The molecular formula is C17H24BrNO4Si. The summed E-state index contributed by atoms with van der Waals surface area (Å²) in [5.41, 5.74) is 1.41. The number of benzene rings is 1. The predicted molar refractivity (Wildman–Crippen MR) is 98.6 cm³/mol. The van der Waals surface area contributed by atoms with E-state index in [4.69, 9.17) is 4.43 Å². The van der Waals surface area contributed by atoms with Crippen LogP contribution in [0.25, 0.3) is 0 Å². The molecule has 1 amide bonds. The van der Waals surface area contributed by atoms with Gasteiger partial charge in [-0.15, -0.1) is 0 Å². The van der Waals surface area contributed by atoms with Gasteiger partial charge in [0.25, 0.3) is 5.91 Å². The van der Waals surface area contributed by atoms with Gasteiger partial charge in [0.1, 0.15) is 0 Å². The molecule has 0 aliphatic carbocycles. The number of carboxylic acid groups (broad SMARTS) is 1. The molecule has 0 radical (unpaired) electrons. The molecule has 1 unspecified atom stereocenters. The van der Waals surface area contributed by atoms with Crippen LogP contribution in [0.5, 0.6) is 0 Å². The highest BCUT2D eigenvalue weighted by Gasteiger charge is 2.41. The van der Waals surface area contributed by atoms with Crippen molar-refractivity contribution in [2.45, 2.75) is 51.5 Å². The van der Waals surface area contributed by atoms with Crippen molar-refractivity contribution in [3.63, 3.8) is 0 Å².